The highest BCUT2D eigenvalue weighted by Gasteiger charge is 2.25. The van der Waals surface area contributed by atoms with E-state index in [2.05, 4.69) is 27.5 Å². The van der Waals surface area contributed by atoms with Gasteiger partial charge in [0.1, 0.15) is 21.9 Å². The molecule has 0 spiro atoms. The Balaban J connectivity index is 1.47. The molecule has 2 unspecified atom stereocenters. The molecule has 2 aromatic heterocycles. The molecule has 0 radical (unpaired) electrons. The lowest BCUT2D eigenvalue weighted by atomic mass is 10.1. The van der Waals surface area contributed by atoms with E-state index in [9.17, 15) is 4.79 Å². The van der Waals surface area contributed by atoms with Crippen LogP contribution in [0.15, 0.2) is 41.0 Å². The zero-order valence-electron chi connectivity index (χ0n) is 18.0. The number of fused-ring (bicyclic) bond motifs is 1. The first kappa shape index (κ1) is 22.0. The minimum Gasteiger partial charge on any atom is -0.494 e. The van der Waals surface area contributed by atoms with Gasteiger partial charge < -0.3 is 14.4 Å². The van der Waals surface area contributed by atoms with Gasteiger partial charge in [-0.15, -0.1) is 23.1 Å². The van der Waals surface area contributed by atoms with E-state index in [0.29, 0.717) is 31.9 Å². The number of thiophene rings is 1. The van der Waals surface area contributed by atoms with Crippen LogP contribution < -0.4 is 4.74 Å². The van der Waals surface area contributed by atoms with Gasteiger partial charge in [0.2, 0.25) is 5.91 Å². The number of carbonyl (C=O) groups excluding carboxylic acids is 1. The van der Waals surface area contributed by atoms with Crippen molar-refractivity contribution in [3.8, 4) is 16.9 Å². The van der Waals surface area contributed by atoms with Crippen molar-refractivity contribution < 1.29 is 14.3 Å². The molecular weight excluding hydrogens is 430 g/mol. The van der Waals surface area contributed by atoms with Crippen LogP contribution in [-0.4, -0.2) is 58.4 Å². The summed E-state index contributed by atoms with van der Waals surface area (Å²) in [5.41, 5.74) is 2.23. The van der Waals surface area contributed by atoms with Gasteiger partial charge in [-0.25, -0.2) is 9.97 Å². The van der Waals surface area contributed by atoms with Gasteiger partial charge in [-0.3, -0.25) is 4.79 Å². The third-order valence-electron chi connectivity index (χ3n) is 5.14. The smallest absolute Gasteiger partial charge is 0.223 e. The van der Waals surface area contributed by atoms with Crippen LogP contribution in [0.1, 0.15) is 27.2 Å². The average molecular weight is 458 g/mol. The third-order valence-corrected chi connectivity index (χ3v) is 7.02. The number of benzene rings is 1. The van der Waals surface area contributed by atoms with E-state index < -0.39 is 0 Å². The Bertz CT molecular complexity index is 1030. The molecule has 0 saturated carbocycles. The van der Waals surface area contributed by atoms with Crippen LogP contribution in [0.25, 0.3) is 21.3 Å². The Hall–Kier alpha value is -2.16. The number of ether oxygens (including phenoxy) is 2. The minimum atomic E-state index is 0.0873. The van der Waals surface area contributed by atoms with Crippen LogP contribution in [-0.2, 0) is 9.53 Å². The quantitative estimate of drug-likeness (QED) is 0.372. The number of amides is 1. The molecule has 4 rings (SSSR count). The molecule has 1 aliphatic rings. The molecular formula is C23H27N3O3S2. The van der Waals surface area contributed by atoms with Crippen LogP contribution in [0.2, 0.25) is 0 Å². The lowest BCUT2D eigenvalue weighted by Gasteiger charge is -2.35. The molecule has 1 amide bonds. The molecule has 0 aliphatic carbocycles. The minimum absolute atomic E-state index is 0.0873. The average Bonchev–Trinajstić information content (AvgIpc) is 3.19. The summed E-state index contributed by atoms with van der Waals surface area (Å²) in [7, 11) is 0. The molecule has 3 aromatic rings. The summed E-state index contributed by atoms with van der Waals surface area (Å²) in [5, 5.41) is 4.11. The summed E-state index contributed by atoms with van der Waals surface area (Å²) in [5.74, 6) is 1.72. The predicted molar refractivity (Wildman–Crippen MR) is 126 cm³/mol. The highest BCUT2D eigenvalue weighted by Crippen LogP contribution is 2.38. The maximum Gasteiger partial charge on any atom is 0.223 e. The number of hydrogen-bond donors (Lipinski definition) is 0. The topological polar surface area (TPSA) is 64.6 Å². The maximum atomic E-state index is 12.7. The molecule has 1 saturated heterocycles. The highest BCUT2D eigenvalue weighted by molar-refractivity contribution is 7.99. The number of rotatable bonds is 7. The van der Waals surface area contributed by atoms with E-state index in [0.717, 1.165) is 32.1 Å². The van der Waals surface area contributed by atoms with Gasteiger partial charge in [-0.1, -0.05) is 12.1 Å². The van der Waals surface area contributed by atoms with Crippen molar-refractivity contribution in [3.63, 3.8) is 0 Å². The van der Waals surface area contributed by atoms with Crippen LogP contribution in [0.5, 0.6) is 5.75 Å². The fourth-order valence-corrected chi connectivity index (χ4v) is 5.76. The largest absolute Gasteiger partial charge is 0.494 e. The monoisotopic (exact) mass is 457 g/mol. The van der Waals surface area contributed by atoms with E-state index in [-0.39, 0.29) is 18.1 Å². The lowest BCUT2D eigenvalue weighted by molar-refractivity contribution is -0.142. The van der Waals surface area contributed by atoms with Gasteiger partial charge in [-0.05, 0) is 38.5 Å². The standard InChI is InChI=1S/C23H27N3O3S2/c1-4-28-18-7-5-17(6-8-18)19-13-31-23-21(19)22(24-14-25-23)30-10-9-20(27)26-11-15(2)29-16(3)12-26/h5-8,13-16H,4,9-12H2,1-3H3. The Morgan fingerprint density at radius 3 is 2.68 bits per heavy atom. The van der Waals surface area contributed by atoms with Crippen molar-refractivity contribution in [2.75, 3.05) is 25.4 Å². The van der Waals surface area contributed by atoms with Crippen LogP contribution >= 0.6 is 23.1 Å². The van der Waals surface area contributed by atoms with E-state index in [1.807, 2.05) is 37.8 Å². The Morgan fingerprint density at radius 1 is 1.23 bits per heavy atom. The number of aromatic nitrogens is 2. The molecule has 1 fully saturated rings. The highest BCUT2D eigenvalue weighted by atomic mass is 32.2. The van der Waals surface area contributed by atoms with E-state index in [1.54, 1.807) is 29.4 Å². The van der Waals surface area contributed by atoms with E-state index in [1.165, 1.54) is 0 Å². The van der Waals surface area contributed by atoms with Crippen molar-refractivity contribution in [2.24, 2.45) is 0 Å². The summed E-state index contributed by atoms with van der Waals surface area (Å²) in [6.07, 6.45) is 2.27. The van der Waals surface area contributed by atoms with Gasteiger partial charge in [-0.2, -0.15) is 0 Å². The Kier molecular flexibility index (Phi) is 7.09. The van der Waals surface area contributed by atoms with Crippen molar-refractivity contribution in [1.29, 1.82) is 0 Å². The molecule has 6 nitrogen and oxygen atoms in total. The van der Waals surface area contributed by atoms with Gasteiger partial charge >= 0.3 is 0 Å². The molecule has 1 aromatic carbocycles. The zero-order chi connectivity index (χ0) is 21.8. The first-order valence-corrected chi connectivity index (χ1v) is 12.4. The normalized spacial score (nSPS) is 19.0. The van der Waals surface area contributed by atoms with Crippen LogP contribution in [0.3, 0.4) is 0 Å². The fourth-order valence-electron chi connectivity index (χ4n) is 3.84. The molecule has 164 valence electrons. The Labute approximate surface area is 191 Å². The van der Waals surface area contributed by atoms with Gasteiger partial charge in [0.05, 0.1) is 24.2 Å². The summed E-state index contributed by atoms with van der Waals surface area (Å²) in [4.78, 5) is 24.5. The fraction of sp³-hybridized carbons (Fsp3) is 0.435. The molecule has 8 heteroatoms. The summed E-state index contributed by atoms with van der Waals surface area (Å²) < 4.78 is 11.3. The van der Waals surface area contributed by atoms with Crippen molar-refractivity contribution >= 4 is 39.2 Å². The second kappa shape index (κ2) is 9.97. The lowest BCUT2D eigenvalue weighted by Crippen LogP contribution is -2.48. The molecule has 1 aliphatic heterocycles. The number of thioether (sulfide) groups is 1. The molecule has 2 atom stereocenters. The number of carbonyl (C=O) groups is 1. The molecule has 3 heterocycles. The number of nitrogens with zero attached hydrogens (tertiary/aromatic N) is 3. The SMILES string of the molecule is CCOc1ccc(-c2csc3ncnc(SCCC(=O)N4CC(C)OC(C)C4)c23)cc1. The van der Waals surface area contributed by atoms with Crippen molar-refractivity contribution in [2.45, 2.75) is 44.4 Å². The second-order valence-electron chi connectivity index (χ2n) is 7.62. The summed E-state index contributed by atoms with van der Waals surface area (Å²) in [6.45, 7) is 7.99. The predicted octanol–water partition coefficient (Wildman–Crippen LogP) is 4.88. The molecule has 0 N–H and O–H groups in total. The van der Waals surface area contributed by atoms with E-state index in [4.69, 9.17) is 9.47 Å². The molecule has 0 bridgehead atoms. The third kappa shape index (κ3) is 5.19. The molecule has 31 heavy (non-hydrogen) atoms. The van der Waals surface area contributed by atoms with Gasteiger partial charge in [0, 0.05) is 36.2 Å². The van der Waals surface area contributed by atoms with Gasteiger partial charge in [0.15, 0.2) is 0 Å². The van der Waals surface area contributed by atoms with Crippen molar-refractivity contribution in [3.05, 3.63) is 36.0 Å². The summed E-state index contributed by atoms with van der Waals surface area (Å²) in [6, 6.07) is 8.11. The zero-order valence-corrected chi connectivity index (χ0v) is 19.7. The first-order chi connectivity index (χ1) is 15.0. The van der Waals surface area contributed by atoms with Crippen LogP contribution in [0, 0.1) is 0 Å². The van der Waals surface area contributed by atoms with Crippen molar-refractivity contribution in [1.82, 2.24) is 14.9 Å². The Morgan fingerprint density at radius 2 is 1.97 bits per heavy atom. The number of morpholine rings is 1. The summed E-state index contributed by atoms with van der Waals surface area (Å²) >= 11 is 3.24. The van der Waals surface area contributed by atoms with E-state index >= 15 is 0 Å². The number of hydrogen-bond acceptors (Lipinski definition) is 7. The van der Waals surface area contributed by atoms with Crippen LogP contribution in [0.4, 0.5) is 0 Å². The first-order valence-electron chi connectivity index (χ1n) is 10.6. The van der Waals surface area contributed by atoms with Gasteiger partial charge in [0.25, 0.3) is 0 Å². The maximum absolute atomic E-state index is 12.7. The second-order valence-corrected chi connectivity index (χ2v) is 9.56.